The summed E-state index contributed by atoms with van der Waals surface area (Å²) in [4.78, 5) is 26.8. The van der Waals surface area contributed by atoms with E-state index < -0.39 is 17.7 Å². The van der Waals surface area contributed by atoms with Gasteiger partial charge in [0.05, 0.1) is 5.70 Å². The van der Waals surface area contributed by atoms with Crippen LogP contribution < -0.4 is 0 Å². The van der Waals surface area contributed by atoms with Gasteiger partial charge in [0.1, 0.15) is 11.6 Å². The van der Waals surface area contributed by atoms with Gasteiger partial charge in [0, 0.05) is 6.08 Å². The van der Waals surface area contributed by atoms with Crippen LogP contribution in [0.4, 0.5) is 4.79 Å². The molecule has 124 valence electrons. The van der Waals surface area contributed by atoms with Crippen LogP contribution in [-0.2, 0) is 9.53 Å². The second-order valence-electron chi connectivity index (χ2n) is 6.98. The highest BCUT2D eigenvalue weighted by Gasteiger charge is 2.42. The van der Waals surface area contributed by atoms with E-state index in [1.807, 2.05) is 65.0 Å². The number of rotatable bonds is 3. The van der Waals surface area contributed by atoms with Crippen molar-refractivity contribution in [2.24, 2.45) is 5.92 Å². The van der Waals surface area contributed by atoms with E-state index in [0.717, 1.165) is 12.0 Å². The second-order valence-corrected chi connectivity index (χ2v) is 6.98. The Bertz CT molecular complexity index is 613. The average molecular weight is 315 g/mol. The molecule has 1 amide bonds. The Hall–Kier alpha value is -2.10. The molecule has 4 heteroatoms. The summed E-state index contributed by atoms with van der Waals surface area (Å²) < 4.78 is 5.54. The lowest BCUT2D eigenvalue weighted by atomic mass is 9.96. The Labute approximate surface area is 138 Å². The fourth-order valence-corrected chi connectivity index (χ4v) is 2.68. The first-order valence-corrected chi connectivity index (χ1v) is 8.07. The molecule has 4 nitrogen and oxygen atoms in total. The fourth-order valence-electron chi connectivity index (χ4n) is 2.68. The minimum absolute atomic E-state index is 0.0379. The lowest BCUT2D eigenvalue weighted by Crippen LogP contribution is -2.45. The lowest BCUT2D eigenvalue weighted by Gasteiger charge is -2.32. The Morgan fingerprint density at radius 3 is 2.39 bits per heavy atom. The van der Waals surface area contributed by atoms with Crippen molar-refractivity contribution in [2.45, 2.75) is 52.7 Å². The van der Waals surface area contributed by atoms with E-state index in [4.69, 9.17) is 4.74 Å². The minimum atomic E-state index is -0.607. The van der Waals surface area contributed by atoms with Crippen molar-refractivity contribution in [1.29, 1.82) is 0 Å². The quantitative estimate of drug-likeness (QED) is 0.837. The van der Waals surface area contributed by atoms with E-state index >= 15 is 0 Å². The van der Waals surface area contributed by atoms with Gasteiger partial charge in [-0.15, -0.1) is 0 Å². The van der Waals surface area contributed by atoms with Gasteiger partial charge in [-0.1, -0.05) is 50.6 Å². The summed E-state index contributed by atoms with van der Waals surface area (Å²) in [5.41, 5.74) is 0.859. The highest BCUT2D eigenvalue weighted by molar-refractivity contribution is 6.09. The van der Waals surface area contributed by atoms with Crippen LogP contribution in [0.15, 0.2) is 36.4 Å². The zero-order valence-electron chi connectivity index (χ0n) is 14.5. The number of ether oxygens (including phenoxy) is 1. The first-order chi connectivity index (χ1) is 10.7. The average Bonchev–Trinajstić information content (AvgIpc) is 2.83. The summed E-state index contributed by atoms with van der Waals surface area (Å²) in [6.07, 6.45) is 1.91. The minimum Gasteiger partial charge on any atom is -0.443 e. The van der Waals surface area contributed by atoms with Gasteiger partial charge in [-0.05, 0) is 32.3 Å². The summed E-state index contributed by atoms with van der Waals surface area (Å²) in [6.45, 7) is 9.49. The number of benzene rings is 1. The normalized spacial score (nSPS) is 19.5. The Balaban J connectivity index is 2.42. The van der Waals surface area contributed by atoms with E-state index in [0.29, 0.717) is 5.70 Å². The molecule has 2 atom stereocenters. The van der Waals surface area contributed by atoms with Gasteiger partial charge in [-0.25, -0.2) is 4.79 Å². The molecule has 1 aliphatic rings. The fraction of sp³-hybridized carbons (Fsp3) is 0.474. The molecule has 0 bridgehead atoms. The molecule has 0 spiro atoms. The maximum absolute atomic E-state index is 12.7. The van der Waals surface area contributed by atoms with Crippen LogP contribution in [0.3, 0.4) is 0 Å². The molecule has 1 aliphatic heterocycles. The van der Waals surface area contributed by atoms with Crippen molar-refractivity contribution in [3.8, 4) is 0 Å². The molecule has 1 aromatic carbocycles. The first kappa shape index (κ1) is 17.3. The number of hydrogen-bond donors (Lipinski definition) is 0. The summed E-state index contributed by atoms with van der Waals surface area (Å²) in [7, 11) is 0. The van der Waals surface area contributed by atoms with Crippen molar-refractivity contribution < 1.29 is 14.3 Å². The number of hydrogen-bond acceptors (Lipinski definition) is 3. The van der Waals surface area contributed by atoms with Crippen molar-refractivity contribution in [3.05, 3.63) is 42.0 Å². The van der Waals surface area contributed by atoms with Crippen LogP contribution >= 0.6 is 0 Å². The second kappa shape index (κ2) is 6.57. The number of carbonyl (C=O) groups excluding carboxylic acids is 2. The number of amides is 1. The van der Waals surface area contributed by atoms with Crippen LogP contribution in [0.25, 0.3) is 5.70 Å². The molecule has 0 N–H and O–H groups in total. The van der Waals surface area contributed by atoms with Crippen molar-refractivity contribution in [3.63, 3.8) is 0 Å². The van der Waals surface area contributed by atoms with Crippen LogP contribution in [0.2, 0.25) is 0 Å². The van der Waals surface area contributed by atoms with E-state index in [1.54, 1.807) is 6.08 Å². The Morgan fingerprint density at radius 1 is 1.26 bits per heavy atom. The molecule has 0 radical (unpaired) electrons. The highest BCUT2D eigenvalue weighted by atomic mass is 16.6. The van der Waals surface area contributed by atoms with Crippen molar-refractivity contribution in [1.82, 2.24) is 4.90 Å². The number of nitrogens with zero attached hydrogens (tertiary/aromatic N) is 1. The maximum atomic E-state index is 12.7. The van der Waals surface area contributed by atoms with Gasteiger partial charge in [0.2, 0.25) is 0 Å². The maximum Gasteiger partial charge on any atom is 0.415 e. The standard InChI is InChI=1S/C19H25NO3/c1-6-13(2)17-16(21)12-15(14-10-8-7-9-11-14)20(17)18(22)23-19(3,4)5/h7-13,17H,6H2,1-5H3/t13-,17?/m0/s1. The molecule has 0 fully saturated rings. The zero-order valence-corrected chi connectivity index (χ0v) is 14.5. The van der Waals surface area contributed by atoms with Crippen LogP contribution in [0.1, 0.15) is 46.6 Å². The van der Waals surface area contributed by atoms with Crippen molar-refractivity contribution in [2.75, 3.05) is 0 Å². The smallest absolute Gasteiger partial charge is 0.415 e. The van der Waals surface area contributed by atoms with Gasteiger partial charge in [-0.2, -0.15) is 0 Å². The molecule has 1 heterocycles. The molecule has 0 saturated carbocycles. The summed E-state index contributed by atoms with van der Waals surface area (Å²) in [6, 6.07) is 9.00. The van der Waals surface area contributed by atoms with Gasteiger partial charge in [0.15, 0.2) is 5.78 Å². The van der Waals surface area contributed by atoms with Crippen LogP contribution in [0, 0.1) is 5.92 Å². The molecule has 0 saturated heterocycles. The molecular weight excluding hydrogens is 290 g/mol. The third kappa shape index (κ3) is 3.81. The zero-order chi connectivity index (χ0) is 17.2. The molecule has 1 aromatic rings. The third-order valence-electron chi connectivity index (χ3n) is 3.95. The summed E-state index contributed by atoms with van der Waals surface area (Å²) >= 11 is 0. The summed E-state index contributed by atoms with van der Waals surface area (Å²) in [5.74, 6) is 0.0246. The van der Waals surface area contributed by atoms with Gasteiger partial charge in [-0.3, -0.25) is 9.69 Å². The van der Waals surface area contributed by atoms with E-state index in [2.05, 4.69) is 0 Å². The largest absolute Gasteiger partial charge is 0.443 e. The molecule has 0 aromatic heterocycles. The molecule has 2 rings (SSSR count). The van der Waals surface area contributed by atoms with Crippen molar-refractivity contribution >= 4 is 17.6 Å². The predicted molar refractivity (Wildman–Crippen MR) is 90.7 cm³/mol. The van der Waals surface area contributed by atoms with E-state index in [-0.39, 0.29) is 11.7 Å². The Morgan fingerprint density at radius 2 is 1.87 bits per heavy atom. The van der Waals surface area contributed by atoms with E-state index in [1.165, 1.54) is 4.90 Å². The lowest BCUT2D eigenvalue weighted by molar-refractivity contribution is -0.118. The van der Waals surface area contributed by atoms with Gasteiger partial charge < -0.3 is 4.74 Å². The number of ketones is 1. The first-order valence-electron chi connectivity index (χ1n) is 8.07. The monoisotopic (exact) mass is 315 g/mol. The topological polar surface area (TPSA) is 46.6 Å². The SMILES string of the molecule is CC[C@H](C)C1C(=O)C=C(c2ccccc2)N1C(=O)OC(C)(C)C. The third-order valence-corrected chi connectivity index (χ3v) is 3.95. The number of carbonyl (C=O) groups is 2. The molecule has 1 unspecified atom stereocenters. The van der Waals surface area contributed by atoms with Crippen LogP contribution in [0.5, 0.6) is 0 Å². The predicted octanol–water partition coefficient (Wildman–Crippen LogP) is 4.26. The van der Waals surface area contributed by atoms with E-state index in [9.17, 15) is 9.59 Å². The van der Waals surface area contributed by atoms with Gasteiger partial charge in [0.25, 0.3) is 0 Å². The Kier molecular flexibility index (Phi) is 4.93. The molecule has 23 heavy (non-hydrogen) atoms. The van der Waals surface area contributed by atoms with Crippen LogP contribution in [-0.4, -0.2) is 28.4 Å². The highest BCUT2D eigenvalue weighted by Crippen LogP contribution is 2.34. The van der Waals surface area contributed by atoms with Gasteiger partial charge >= 0.3 is 6.09 Å². The summed E-state index contributed by atoms with van der Waals surface area (Å²) in [5, 5.41) is 0. The molecular formula is C19H25NO3. The molecule has 0 aliphatic carbocycles.